The summed E-state index contributed by atoms with van der Waals surface area (Å²) in [5, 5.41) is 0. The number of likely N-dealkylation sites (tertiary alicyclic amines) is 1. The average molecular weight is 168 g/mol. The molecule has 2 N–H and O–H groups in total. The van der Waals surface area contributed by atoms with Gasteiger partial charge in [-0.15, -0.1) is 0 Å². The van der Waals surface area contributed by atoms with Crippen LogP contribution in [0, 0.1) is 11.8 Å². The standard InChI is InChI=1S/C10H20N2/c1-10(2,3)12-5-7-4-9(11)8(7)6-12/h7-9H,4-6,11H2,1-3H3/t7?,8?,9-/m1/s1. The first-order valence-corrected chi connectivity index (χ1v) is 4.99. The third-order valence-electron chi connectivity index (χ3n) is 3.57. The van der Waals surface area contributed by atoms with Crippen LogP contribution in [0.3, 0.4) is 0 Å². The van der Waals surface area contributed by atoms with Crippen LogP contribution >= 0.6 is 0 Å². The highest BCUT2D eigenvalue weighted by Crippen LogP contribution is 2.41. The second-order valence-corrected chi connectivity index (χ2v) is 5.40. The molecule has 0 amide bonds. The van der Waals surface area contributed by atoms with E-state index in [1.165, 1.54) is 19.5 Å². The van der Waals surface area contributed by atoms with Gasteiger partial charge in [0.25, 0.3) is 0 Å². The maximum atomic E-state index is 5.94. The number of fused-ring (bicyclic) bond motifs is 1. The number of rotatable bonds is 0. The van der Waals surface area contributed by atoms with Crippen molar-refractivity contribution in [3.05, 3.63) is 0 Å². The van der Waals surface area contributed by atoms with E-state index in [4.69, 9.17) is 5.73 Å². The molecule has 0 spiro atoms. The highest BCUT2D eigenvalue weighted by Gasteiger charge is 2.47. The van der Waals surface area contributed by atoms with Gasteiger partial charge in [0.2, 0.25) is 0 Å². The van der Waals surface area contributed by atoms with E-state index < -0.39 is 0 Å². The van der Waals surface area contributed by atoms with E-state index in [0.29, 0.717) is 11.6 Å². The Kier molecular flexibility index (Phi) is 1.74. The van der Waals surface area contributed by atoms with Crippen molar-refractivity contribution in [1.82, 2.24) is 4.90 Å². The summed E-state index contributed by atoms with van der Waals surface area (Å²) in [7, 11) is 0. The maximum Gasteiger partial charge on any atom is 0.0125 e. The minimum atomic E-state index is 0.344. The first-order valence-electron chi connectivity index (χ1n) is 4.99. The van der Waals surface area contributed by atoms with Crippen molar-refractivity contribution in [3.8, 4) is 0 Å². The van der Waals surface area contributed by atoms with Crippen LogP contribution in [0.25, 0.3) is 0 Å². The van der Waals surface area contributed by atoms with Crippen LogP contribution < -0.4 is 5.73 Å². The molecular formula is C10H20N2. The van der Waals surface area contributed by atoms with Gasteiger partial charge in [-0.05, 0) is 39.0 Å². The molecule has 1 heterocycles. The molecule has 1 aliphatic heterocycles. The molecule has 1 saturated carbocycles. The van der Waals surface area contributed by atoms with Crippen molar-refractivity contribution >= 4 is 0 Å². The Morgan fingerprint density at radius 3 is 2.33 bits per heavy atom. The third kappa shape index (κ3) is 1.17. The van der Waals surface area contributed by atoms with Crippen LogP contribution in [0.1, 0.15) is 27.2 Å². The van der Waals surface area contributed by atoms with Crippen LogP contribution in [0.15, 0.2) is 0 Å². The maximum absolute atomic E-state index is 5.94. The van der Waals surface area contributed by atoms with E-state index >= 15 is 0 Å². The zero-order chi connectivity index (χ0) is 8.93. The SMILES string of the molecule is CC(C)(C)N1CC2C[C@@H](N)C2C1. The molecule has 2 unspecified atom stereocenters. The molecule has 0 radical (unpaired) electrons. The Balaban J connectivity index is 1.99. The van der Waals surface area contributed by atoms with Crippen molar-refractivity contribution < 1.29 is 0 Å². The van der Waals surface area contributed by atoms with Crippen LogP contribution in [0.2, 0.25) is 0 Å². The average Bonchev–Trinajstić information content (AvgIpc) is 2.24. The zero-order valence-electron chi connectivity index (χ0n) is 8.38. The van der Waals surface area contributed by atoms with Gasteiger partial charge in [0.15, 0.2) is 0 Å². The van der Waals surface area contributed by atoms with Crippen molar-refractivity contribution in [2.24, 2.45) is 17.6 Å². The first-order chi connectivity index (χ1) is 5.48. The fraction of sp³-hybridized carbons (Fsp3) is 1.00. The second kappa shape index (κ2) is 2.46. The fourth-order valence-corrected chi connectivity index (χ4v) is 2.51. The lowest BCUT2D eigenvalue weighted by Gasteiger charge is -2.36. The summed E-state index contributed by atoms with van der Waals surface area (Å²) in [5.74, 6) is 1.73. The summed E-state index contributed by atoms with van der Waals surface area (Å²) in [6, 6.07) is 0.502. The van der Waals surface area contributed by atoms with Gasteiger partial charge >= 0.3 is 0 Å². The minimum Gasteiger partial charge on any atom is -0.327 e. The Morgan fingerprint density at radius 1 is 1.25 bits per heavy atom. The smallest absolute Gasteiger partial charge is 0.0125 e. The lowest BCUT2D eigenvalue weighted by Crippen LogP contribution is -2.46. The predicted octanol–water partition coefficient (Wildman–Crippen LogP) is 1.06. The van der Waals surface area contributed by atoms with Crippen molar-refractivity contribution in [3.63, 3.8) is 0 Å². The van der Waals surface area contributed by atoms with Crippen LogP contribution in [-0.4, -0.2) is 29.6 Å². The molecule has 1 saturated heterocycles. The first kappa shape index (κ1) is 8.52. The minimum absolute atomic E-state index is 0.344. The summed E-state index contributed by atoms with van der Waals surface area (Å²) in [5.41, 5.74) is 6.29. The van der Waals surface area contributed by atoms with E-state index in [1.807, 2.05) is 0 Å². The van der Waals surface area contributed by atoms with Crippen LogP contribution in [0.4, 0.5) is 0 Å². The topological polar surface area (TPSA) is 29.3 Å². The molecule has 0 aromatic rings. The highest BCUT2D eigenvalue weighted by atomic mass is 15.2. The molecule has 2 fully saturated rings. The Hall–Kier alpha value is -0.0800. The van der Waals surface area contributed by atoms with E-state index in [1.54, 1.807) is 0 Å². The van der Waals surface area contributed by atoms with Gasteiger partial charge in [0.05, 0.1) is 0 Å². The van der Waals surface area contributed by atoms with Gasteiger partial charge in [0.1, 0.15) is 0 Å². The summed E-state index contributed by atoms with van der Waals surface area (Å²) in [4.78, 5) is 2.58. The molecule has 2 nitrogen and oxygen atoms in total. The lowest BCUT2D eigenvalue weighted by atomic mass is 9.72. The monoisotopic (exact) mass is 168 g/mol. The molecule has 2 aliphatic rings. The zero-order valence-corrected chi connectivity index (χ0v) is 8.38. The normalized spacial score (nSPS) is 42.5. The second-order valence-electron chi connectivity index (χ2n) is 5.40. The van der Waals surface area contributed by atoms with E-state index in [-0.39, 0.29) is 0 Å². The third-order valence-corrected chi connectivity index (χ3v) is 3.57. The number of nitrogens with zero attached hydrogens (tertiary/aromatic N) is 1. The van der Waals surface area contributed by atoms with Crippen LogP contribution in [-0.2, 0) is 0 Å². The molecule has 12 heavy (non-hydrogen) atoms. The molecular weight excluding hydrogens is 148 g/mol. The lowest BCUT2D eigenvalue weighted by molar-refractivity contribution is 0.168. The predicted molar refractivity (Wildman–Crippen MR) is 50.9 cm³/mol. The molecule has 1 aliphatic carbocycles. The van der Waals surface area contributed by atoms with Crippen molar-refractivity contribution in [2.45, 2.75) is 38.8 Å². The van der Waals surface area contributed by atoms with Gasteiger partial charge < -0.3 is 5.73 Å². The largest absolute Gasteiger partial charge is 0.327 e. The quantitative estimate of drug-likeness (QED) is 0.586. The summed E-state index contributed by atoms with van der Waals surface area (Å²) >= 11 is 0. The van der Waals surface area contributed by atoms with E-state index in [2.05, 4.69) is 25.7 Å². The van der Waals surface area contributed by atoms with Gasteiger partial charge in [-0.2, -0.15) is 0 Å². The summed E-state index contributed by atoms with van der Waals surface area (Å²) in [6.07, 6.45) is 1.26. The van der Waals surface area contributed by atoms with E-state index in [9.17, 15) is 0 Å². The molecule has 2 heteroatoms. The number of hydrogen-bond acceptors (Lipinski definition) is 2. The van der Waals surface area contributed by atoms with Gasteiger partial charge in [-0.25, -0.2) is 0 Å². The highest BCUT2D eigenvalue weighted by molar-refractivity contribution is 5.02. The Bertz CT molecular complexity index is 183. The fourth-order valence-electron chi connectivity index (χ4n) is 2.51. The van der Waals surface area contributed by atoms with Gasteiger partial charge in [-0.3, -0.25) is 4.90 Å². The molecule has 0 aromatic carbocycles. The molecule has 2 rings (SSSR count). The van der Waals surface area contributed by atoms with Crippen molar-refractivity contribution in [1.29, 1.82) is 0 Å². The Morgan fingerprint density at radius 2 is 1.92 bits per heavy atom. The molecule has 70 valence electrons. The van der Waals surface area contributed by atoms with Crippen LogP contribution in [0.5, 0.6) is 0 Å². The molecule has 0 bridgehead atoms. The summed E-state index contributed by atoms with van der Waals surface area (Å²) in [6.45, 7) is 9.40. The van der Waals surface area contributed by atoms with Gasteiger partial charge in [0, 0.05) is 24.7 Å². The molecule has 0 aromatic heterocycles. The van der Waals surface area contributed by atoms with E-state index in [0.717, 1.165) is 11.8 Å². The number of nitrogens with two attached hydrogens (primary N) is 1. The number of hydrogen-bond donors (Lipinski definition) is 1. The Labute approximate surface area is 75.1 Å². The molecule has 3 atom stereocenters. The van der Waals surface area contributed by atoms with Crippen molar-refractivity contribution in [2.75, 3.05) is 13.1 Å². The van der Waals surface area contributed by atoms with Gasteiger partial charge in [-0.1, -0.05) is 0 Å². The summed E-state index contributed by atoms with van der Waals surface area (Å²) < 4.78 is 0.